The van der Waals surface area contributed by atoms with Gasteiger partial charge in [0.2, 0.25) is 0 Å². The van der Waals surface area contributed by atoms with E-state index in [1.807, 2.05) is 6.07 Å². The molecule has 2 nitrogen and oxygen atoms in total. The molecule has 0 saturated heterocycles. The highest BCUT2D eigenvalue weighted by molar-refractivity contribution is 7.98. The lowest BCUT2D eigenvalue weighted by atomic mass is 10.2. The first kappa shape index (κ1) is 11.1. The molecule has 14 heavy (non-hydrogen) atoms. The Balaban J connectivity index is 2.36. The Hall–Kier alpha value is -0.980. The first-order chi connectivity index (χ1) is 6.72. The van der Waals surface area contributed by atoms with Gasteiger partial charge in [-0.3, -0.25) is 0 Å². The molecule has 0 saturated carbocycles. The van der Waals surface area contributed by atoms with Crippen molar-refractivity contribution in [2.75, 3.05) is 5.75 Å². The van der Waals surface area contributed by atoms with Crippen LogP contribution in [0.25, 0.3) is 0 Å². The molecule has 0 heterocycles. The molecular formula is C11H14N2S. The minimum Gasteiger partial charge on any atom is -0.315 e. The van der Waals surface area contributed by atoms with Crippen LogP contribution in [0.1, 0.15) is 11.1 Å². The standard InChI is InChI=1S/C11H14N2S/c1-9-3-2-4-10(5-9)7-14-8-11(13)6-12/h2-5,11H,7-8,13H2,1H3. The van der Waals surface area contributed by atoms with Gasteiger partial charge in [-0.25, -0.2) is 0 Å². The smallest absolute Gasteiger partial charge is 0.102 e. The van der Waals surface area contributed by atoms with E-state index in [9.17, 15) is 0 Å². The highest BCUT2D eigenvalue weighted by atomic mass is 32.2. The summed E-state index contributed by atoms with van der Waals surface area (Å²) in [6, 6.07) is 10.1. The van der Waals surface area contributed by atoms with E-state index in [0.29, 0.717) is 5.75 Å². The average molecular weight is 206 g/mol. The Bertz CT molecular complexity index is 330. The number of hydrogen-bond acceptors (Lipinski definition) is 3. The van der Waals surface area contributed by atoms with Gasteiger partial charge >= 0.3 is 0 Å². The Morgan fingerprint density at radius 3 is 3.00 bits per heavy atom. The molecule has 3 heteroatoms. The topological polar surface area (TPSA) is 49.8 Å². The molecule has 0 amide bonds. The molecule has 0 bridgehead atoms. The largest absolute Gasteiger partial charge is 0.315 e. The van der Waals surface area contributed by atoms with E-state index in [-0.39, 0.29) is 6.04 Å². The molecular weight excluding hydrogens is 192 g/mol. The predicted octanol–water partition coefficient (Wildman–Crippen LogP) is 2.08. The molecule has 1 unspecified atom stereocenters. The summed E-state index contributed by atoms with van der Waals surface area (Å²) < 4.78 is 0. The minimum absolute atomic E-state index is 0.343. The van der Waals surface area contributed by atoms with Crippen LogP contribution in [0.2, 0.25) is 0 Å². The van der Waals surface area contributed by atoms with Gasteiger partial charge < -0.3 is 5.73 Å². The fraction of sp³-hybridized carbons (Fsp3) is 0.364. The first-order valence-corrected chi connectivity index (χ1v) is 5.66. The lowest BCUT2D eigenvalue weighted by Crippen LogP contribution is -2.19. The zero-order valence-corrected chi connectivity index (χ0v) is 9.05. The van der Waals surface area contributed by atoms with Crippen LogP contribution in [0.15, 0.2) is 24.3 Å². The summed E-state index contributed by atoms with van der Waals surface area (Å²) in [5, 5.41) is 8.49. The van der Waals surface area contributed by atoms with Crippen molar-refractivity contribution < 1.29 is 0 Å². The van der Waals surface area contributed by atoms with Crippen LogP contribution < -0.4 is 5.73 Å². The molecule has 1 atom stereocenters. The molecule has 1 aromatic rings. The van der Waals surface area contributed by atoms with Crippen LogP contribution in [-0.2, 0) is 5.75 Å². The summed E-state index contributed by atoms with van der Waals surface area (Å²) in [4.78, 5) is 0. The van der Waals surface area contributed by atoms with E-state index in [1.165, 1.54) is 11.1 Å². The van der Waals surface area contributed by atoms with Crippen LogP contribution in [0.3, 0.4) is 0 Å². The fourth-order valence-electron chi connectivity index (χ4n) is 1.14. The van der Waals surface area contributed by atoms with E-state index < -0.39 is 0 Å². The van der Waals surface area contributed by atoms with Crippen LogP contribution in [0, 0.1) is 18.3 Å². The van der Waals surface area contributed by atoms with E-state index in [0.717, 1.165) is 5.75 Å². The van der Waals surface area contributed by atoms with Crippen molar-refractivity contribution in [3.63, 3.8) is 0 Å². The average Bonchev–Trinajstić information content (AvgIpc) is 2.17. The second kappa shape index (κ2) is 5.69. The van der Waals surface area contributed by atoms with Crippen molar-refractivity contribution in [3.05, 3.63) is 35.4 Å². The first-order valence-electron chi connectivity index (χ1n) is 4.51. The lowest BCUT2D eigenvalue weighted by molar-refractivity contribution is 0.953. The molecule has 0 aliphatic rings. The quantitative estimate of drug-likeness (QED) is 0.820. The van der Waals surface area contributed by atoms with E-state index >= 15 is 0 Å². The van der Waals surface area contributed by atoms with Crippen LogP contribution in [0.5, 0.6) is 0 Å². The van der Waals surface area contributed by atoms with E-state index in [1.54, 1.807) is 11.8 Å². The van der Waals surface area contributed by atoms with Gasteiger partial charge in [0.15, 0.2) is 0 Å². The number of thioether (sulfide) groups is 1. The molecule has 0 aliphatic heterocycles. The summed E-state index contributed by atoms with van der Waals surface area (Å²) in [5.74, 6) is 1.63. The Morgan fingerprint density at radius 1 is 1.57 bits per heavy atom. The summed E-state index contributed by atoms with van der Waals surface area (Å²) in [5.41, 5.74) is 8.05. The highest BCUT2D eigenvalue weighted by Gasteiger charge is 2.00. The molecule has 74 valence electrons. The summed E-state index contributed by atoms with van der Waals surface area (Å²) in [7, 11) is 0. The van der Waals surface area contributed by atoms with Gasteiger partial charge in [0, 0.05) is 11.5 Å². The Morgan fingerprint density at radius 2 is 2.36 bits per heavy atom. The normalized spacial score (nSPS) is 12.1. The monoisotopic (exact) mass is 206 g/mol. The molecule has 1 aromatic carbocycles. The van der Waals surface area contributed by atoms with Gasteiger partial charge in [-0.2, -0.15) is 17.0 Å². The van der Waals surface area contributed by atoms with Gasteiger partial charge in [0.05, 0.1) is 6.07 Å². The van der Waals surface area contributed by atoms with Gasteiger partial charge in [0.25, 0.3) is 0 Å². The van der Waals surface area contributed by atoms with Crippen LogP contribution >= 0.6 is 11.8 Å². The number of hydrogen-bond donors (Lipinski definition) is 1. The second-order valence-corrected chi connectivity index (χ2v) is 4.27. The number of rotatable bonds is 4. The predicted molar refractivity (Wildman–Crippen MR) is 60.9 cm³/mol. The van der Waals surface area contributed by atoms with Crippen molar-refractivity contribution in [1.29, 1.82) is 5.26 Å². The van der Waals surface area contributed by atoms with Crippen molar-refractivity contribution in [2.45, 2.75) is 18.7 Å². The van der Waals surface area contributed by atoms with Gasteiger partial charge in [-0.15, -0.1) is 0 Å². The number of benzene rings is 1. The third-order valence-electron chi connectivity index (χ3n) is 1.81. The Kier molecular flexibility index (Phi) is 4.51. The van der Waals surface area contributed by atoms with Crippen LogP contribution in [-0.4, -0.2) is 11.8 Å². The zero-order chi connectivity index (χ0) is 10.4. The van der Waals surface area contributed by atoms with Gasteiger partial charge in [-0.1, -0.05) is 29.8 Å². The molecule has 0 fully saturated rings. The van der Waals surface area contributed by atoms with E-state index in [4.69, 9.17) is 11.0 Å². The molecule has 0 aromatic heterocycles. The van der Waals surface area contributed by atoms with E-state index in [2.05, 4.69) is 31.2 Å². The van der Waals surface area contributed by atoms with Crippen molar-refractivity contribution in [3.8, 4) is 6.07 Å². The maximum absolute atomic E-state index is 8.49. The van der Waals surface area contributed by atoms with Crippen LogP contribution in [0.4, 0.5) is 0 Å². The maximum Gasteiger partial charge on any atom is 0.102 e. The number of aryl methyl sites for hydroxylation is 1. The van der Waals surface area contributed by atoms with Crippen molar-refractivity contribution >= 4 is 11.8 Å². The van der Waals surface area contributed by atoms with Crippen molar-refractivity contribution in [1.82, 2.24) is 0 Å². The fourth-order valence-corrected chi connectivity index (χ4v) is 2.00. The lowest BCUT2D eigenvalue weighted by Gasteiger charge is -2.03. The third-order valence-corrected chi connectivity index (χ3v) is 2.95. The minimum atomic E-state index is -0.343. The SMILES string of the molecule is Cc1cccc(CSCC(N)C#N)c1. The maximum atomic E-state index is 8.49. The molecule has 0 aliphatic carbocycles. The summed E-state index contributed by atoms with van der Waals surface area (Å²) in [6.45, 7) is 2.08. The molecule has 2 N–H and O–H groups in total. The molecule has 0 radical (unpaired) electrons. The third kappa shape index (κ3) is 3.82. The highest BCUT2D eigenvalue weighted by Crippen LogP contribution is 2.13. The Labute approximate surface area is 89.1 Å². The second-order valence-electron chi connectivity index (χ2n) is 3.24. The van der Waals surface area contributed by atoms with Crippen molar-refractivity contribution in [2.24, 2.45) is 5.73 Å². The molecule has 0 spiro atoms. The zero-order valence-electron chi connectivity index (χ0n) is 8.23. The van der Waals surface area contributed by atoms with Gasteiger partial charge in [-0.05, 0) is 12.5 Å². The summed E-state index contributed by atoms with van der Waals surface area (Å²) >= 11 is 1.70. The number of nitriles is 1. The number of nitrogens with two attached hydrogens (primary N) is 1. The molecule has 1 rings (SSSR count). The summed E-state index contributed by atoms with van der Waals surface area (Å²) in [6.07, 6.45) is 0. The number of nitrogens with zero attached hydrogens (tertiary/aromatic N) is 1. The van der Waals surface area contributed by atoms with Gasteiger partial charge in [0.1, 0.15) is 6.04 Å².